The summed E-state index contributed by atoms with van der Waals surface area (Å²) in [5, 5.41) is 7.83. The number of rotatable bonds is 1. The van der Waals surface area contributed by atoms with Gasteiger partial charge in [-0.3, -0.25) is 5.10 Å². The highest BCUT2D eigenvalue weighted by Gasteiger charge is 2.08. The van der Waals surface area contributed by atoms with Gasteiger partial charge in [-0.05, 0) is 17.7 Å². The molecule has 0 bridgehead atoms. The molecule has 3 rings (SSSR count). The molecule has 0 fully saturated rings. The van der Waals surface area contributed by atoms with Crippen molar-refractivity contribution in [3.8, 4) is 11.1 Å². The number of nitrogens with two attached hydrogens (primary N) is 1. The van der Waals surface area contributed by atoms with Gasteiger partial charge in [0.2, 0.25) is 0 Å². The summed E-state index contributed by atoms with van der Waals surface area (Å²) in [6, 6.07) is 8.12. The van der Waals surface area contributed by atoms with E-state index in [1.54, 1.807) is 6.20 Å². The molecule has 3 aromatic rings. The number of aromatic amines is 2. The van der Waals surface area contributed by atoms with Gasteiger partial charge in [-0.25, -0.2) is 0 Å². The molecule has 74 valence electrons. The minimum atomic E-state index is 0.601. The van der Waals surface area contributed by atoms with Gasteiger partial charge in [-0.2, -0.15) is 5.10 Å². The lowest BCUT2D eigenvalue weighted by atomic mass is 10.0. The van der Waals surface area contributed by atoms with Crippen LogP contribution in [0, 0.1) is 0 Å². The third-order valence-corrected chi connectivity index (χ3v) is 2.55. The Hall–Kier alpha value is -2.23. The first-order valence-corrected chi connectivity index (χ1v) is 4.71. The first-order chi connectivity index (χ1) is 7.36. The van der Waals surface area contributed by atoms with Gasteiger partial charge < -0.3 is 10.7 Å². The van der Waals surface area contributed by atoms with Gasteiger partial charge in [0, 0.05) is 22.7 Å². The molecule has 4 N–H and O–H groups in total. The molecule has 0 saturated carbocycles. The minimum Gasteiger partial charge on any atom is -0.384 e. The maximum atomic E-state index is 5.80. The van der Waals surface area contributed by atoms with Crippen LogP contribution >= 0.6 is 0 Å². The number of hydrogen-bond acceptors (Lipinski definition) is 2. The monoisotopic (exact) mass is 198 g/mol. The van der Waals surface area contributed by atoms with Crippen LogP contribution in [0.2, 0.25) is 0 Å². The summed E-state index contributed by atoms with van der Waals surface area (Å²) < 4.78 is 0. The predicted molar refractivity (Wildman–Crippen MR) is 60.3 cm³/mol. The van der Waals surface area contributed by atoms with Crippen LogP contribution in [0.4, 0.5) is 5.82 Å². The Kier molecular flexibility index (Phi) is 1.56. The molecule has 0 aliphatic heterocycles. The molecule has 0 saturated heterocycles. The van der Waals surface area contributed by atoms with Crippen LogP contribution in [0.15, 0.2) is 36.7 Å². The maximum absolute atomic E-state index is 5.80. The maximum Gasteiger partial charge on any atom is 0.126 e. The lowest BCUT2D eigenvalue weighted by Crippen LogP contribution is -1.87. The van der Waals surface area contributed by atoms with E-state index in [0.29, 0.717) is 5.82 Å². The molecule has 0 atom stereocenters. The first kappa shape index (κ1) is 8.11. The van der Waals surface area contributed by atoms with Gasteiger partial charge >= 0.3 is 0 Å². The van der Waals surface area contributed by atoms with E-state index in [2.05, 4.69) is 15.2 Å². The molecule has 0 amide bonds. The second-order valence-corrected chi connectivity index (χ2v) is 3.44. The third-order valence-electron chi connectivity index (χ3n) is 2.55. The van der Waals surface area contributed by atoms with Gasteiger partial charge in [-0.15, -0.1) is 0 Å². The van der Waals surface area contributed by atoms with Crippen molar-refractivity contribution in [2.24, 2.45) is 0 Å². The average Bonchev–Trinajstić information content (AvgIpc) is 2.85. The molecule has 4 nitrogen and oxygen atoms in total. The molecule has 1 aromatic carbocycles. The van der Waals surface area contributed by atoms with Crippen molar-refractivity contribution in [3.63, 3.8) is 0 Å². The third kappa shape index (κ3) is 1.11. The number of benzene rings is 1. The molecular formula is C11H10N4. The Labute approximate surface area is 86.1 Å². The fraction of sp³-hybridized carbons (Fsp3) is 0. The number of anilines is 1. The second-order valence-electron chi connectivity index (χ2n) is 3.44. The number of nitrogens with zero attached hydrogens (tertiary/aromatic N) is 1. The van der Waals surface area contributed by atoms with E-state index in [1.165, 1.54) is 0 Å². The topological polar surface area (TPSA) is 70.5 Å². The zero-order valence-electron chi connectivity index (χ0n) is 7.99. The summed E-state index contributed by atoms with van der Waals surface area (Å²) >= 11 is 0. The molecular weight excluding hydrogens is 188 g/mol. The highest BCUT2D eigenvalue weighted by Crippen LogP contribution is 2.30. The Morgan fingerprint density at radius 2 is 2.07 bits per heavy atom. The minimum absolute atomic E-state index is 0.601. The van der Waals surface area contributed by atoms with Crippen LogP contribution in [-0.2, 0) is 0 Å². The second kappa shape index (κ2) is 2.88. The summed E-state index contributed by atoms with van der Waals surface area (Å²) in [6.45, 7) is 0. The van der Waals surface area contributed by atoms with Crippen LogP contribution in [0.5, 0.6) is 0 Å². The van der Waals surface area contributed by atoms with E-state index in [-0.39, 0.29) is 0 Å². The van der Waals surface area contributed by atoms with E-state index >= 15 is 0 Å². The summed E-state index contributed by atoms with van der Waals surface area (Å²) in [7, 11) is 0. The fourth-order valence-electron chi connectivity index (χ4n) is 1.83. The van der Waals surface area contributed by atoms with Gasteiger partial charge in [0.1, 0.15) is 5.82 Å². The summed E-state index contributed by atoms with van der Waals surface area (Å²) in [6.07, 6.45) is 3.67. The molecule has 0 spiro atoms. The lowest BCUT2D eigenvalue weighted by Gasteiger charge is -2.01. The Balaban J connectivity index is 2.36. The van der Waals surface area contributed by atoms with E-state index in [1.807, 2.05) is 30.5 Å². The SMILES string of the molecule is Nc1[nH]ncc1-c1cccc2[nH]ccc12. The molecule has 4 heteroatoms. The smallest absolute Gasteiger partial charge is 0.126 e. The van der Waals surface area contributed by atoms with Crippen LogP contribution < -0.4 is 5.73 Å². The average molecular weight is 198 g/mol. The Morgan fingerprint density at radius 3 is 2.87 bits per heavy atom. The summed E-state index contributed by atoms with van der Waals surface area (Å²) in [5.41, 5.74) is 8.95. The molecule has 0 radical (unpaired) electrons. The zero-order chi connectivity index (χ0) is 10.3. The fourth-order valence-corrected chi connectivity index (χ4v) is 1.83. The molecule has 0 unspecified atom stereocenters. The van der Waals surface area contributed by atoms with E-state index in [9.17, 15) is 0 Å². The van der Waals surface area contributed by atoms with Crippen LogP contribution in [0.1, 0.15) is 0 Å². The van der Waals surface area contributed by atoms with E-state index in [4.69, 9.17) is 5.73 Å². The van der Waals surface area contributed by atoms with Gasteiger partial charge in [0.15, 0.2) is 0 Å². The van der Waals surface area contributed by atoms with Crippen molar-refractivity contribution in [2.45, 2.75) is 0 Å². The largest absolute Gasteiger partial charge is 0.384 e. The number of hydrogen-bond donors (Lipinski definition) is 3. The lowest BCUT2D eigenvalue weighted by molar-refractivity contribution is 1.10. The molecule has 2 heterocycles. The van der Waals surface area contributed by atoms with Gasteiger partial charge in [0.25, 0.3) is 0 Å². The van der Waals surface area contributed by atoms with E-state index < -0.39 is 0 Å². The molecule has 2 aromatic heterocycles. The summed E-state index contributed by atoms with van der Waals surface area (Å²) in [5.74, 6) is 0.601. The number of H-pyrrole nitrogens is 2. The quantitative estimate of drug-likeness (QED) is 0.560. The number of nitrogen functional groups attached to an aromatic ring is 1. The van der Waals surface area contributed by atoms with E-state index in [0.717, 1.165) is 22.0 Å². The summed E-state index contributed by atoms with van der Waals surface area (Å²) in [4.78, 5) is 3.17. The van der Waals surface area contributed by atoms with Gasteiger partial charge in [0.05, 0.1) is 6.20 Å². The van der Waals surface area contributed by atoms with Crippen LogP contribution in [0.25, 0.3) is 22.0 Å². The zero-order valence-corrected chi connectivity index (χ0v) is 7.99. The van der Waals surface area contributed by atoms with Crippen molar-refractivity contribution >= 4 is 16.7 Å². The number of fused-ring (bicyclic) bond motifs is 1. The Bertz CT molecular complexity index is 606. The van der Waals surface area contributed by atoms with Crippen molar-refractivity contribution in [1.82, 2.24) is 15.2 Å². The first-order valence-electron chi connectivity index (χ1n) is 4.71. The highest BCUT2D eigenvalue weighted by atomic mass is 15.1. The standard InChI is InChI=1S/C11H10N4/c12-11-9(6-14-15-11)7-2-1-3-10-8(7)4-5-13-10/h1-6,13H,(H3,12,14,15). The van der Waals surface area contributed by atoms with Crippen LogP contribution in [0.3, 0.4) is 0 Å². The van der Waals surface area contributed by atoms with Crippen molar-refractivity contribution in [1.29, 1.82) is 0 Å². The number of aromatic nitrogens is 3. The molecule has 0 aliphatic rings. The molecule has 0 aliphatic carbocycles. The number of nitrogens with one attached hydrogen (secondary N) is 2. The Morgan fingerprint density at radius 1 is 1.13 bits per heavy atom. The molecule has 15 heavy (non-hydrogen) atoms. The van der Waals surface area contributed by atoms with Gasteiger partial charge in [-0.1, -0.05) is 12.1 Å². The van der Waals surface area contributed by atoms with Crippen molar-refractivity contribution in [3.05, 3.63) is 36.7 Å². The van der Waals surface area contributed by atoms with Crippen molar-refractivity contribution in [2.75, 3.05) is 5.73 Å². The van der Waals surface area contributed by atoms with Crippen molar-refractivity contribution < 1.29 is 0 Å². The van der Waals surface area contributed by atoms with Crippen LogP contribution in [-0.4, -0.2) is 15.2 Å². The normalized spacial score (nSPS) is 10.9. The highest BCUT2D eigenvalue weighted by molar-refractivity contribution is 5.97. The predicted octanol–water partition coefficient (Wildman–Crippen LogP) is 2.14.